The summed E-state index contributed by atoms with van der Waals surface area (Å²) in [5.41, 5.74) is 1.75. The third-order valence-electron chi connectivity index (χ3n) is 2.52. The average Bonchev–Trinajstić information content (AvgIpc) is 2.83. The quantitative estimate of drug-likeness (QED) is 0.648. The number of hydrogen-bond donors (Lipinski definition) is 1. The molecule has 106 valence electrons. The molecule has 0 radical (unpaired) electrons. The molecule has 2 rings (SSSR count). The highest BCUT2D eigenvalue weighted by atomic mass is 35.5. The van der Waals surface area contributed by atoms with Crippen molar-refractivity contribution in [3.8, 4) is 11.5 Å². The van der Waals surface area contributed by atoms with Crippen molar-refractivity contribution < 1.29 is 14.3 Å². The van der Waals surface area contributed by atoms with Crippen LogP contribution < -0.4 is 0 Å². The largest absolute Gasteiger partial charge is 0.481 e. The fourth-order valence-corrected chi connectivity index (χ4v) is 2.57. The lowest BCUT2D eigenvalue weighted by atomic mass is 10.1. The first kappa shape index (κ1) is 14.9. The first-order valence-electron chi connectivity index (χ1n) is 6.01. The Labute approximate surface area is 125 Å². The van der Waals surface area contributed by atoms with Gasteiger partial charge < -0.3 is 9.52 Å². The second-order valence-electron chi connectivity index (χ2n) is 4.20. The highest BCUT2D eigenvalue weighted by Gasteiger charge is 2.12. The van der Waals surface area contributed by atoms with E-state index in [2.05, 4.69) is 10.2 Å². The Bertz CT molecular complexity index is 615. The molecular formula is C13H13ClN2O3S. The van der Waals surface area contributed by atoms with Gasteiger partial charge in [0.25, 0.3) is 5.22 Å². The highest BCUT2D eigenvalue weighted by Crippen LogP contribution is 2.29. The van der Waals surface area contributed by atoms with Crippen molar-refractivity contribution >= 4 is 29.3 Å². The normalized spacial score (nSPS) is 10.7. The summed E-state index contributed by atoms with van der Waals surface area (Å²) in [6, 6.07) is 5.59. The summed E-state index contributed by atoms with van der Waals surface area (Å²) in [4.78, 5) is 10.4. The van der Waals surface area contributed by atoms with E-state index in [0.29, 0.717) is 33.9 Å². The van der Waals surface area contributed by atoms with Crippen LogP contribution in [0.5, 0.6) is 0 Å². The number of aromatic nitrogens is 2. The lowest BCUT2D eigenvalue weighted by Gasteiger charge is -1.99. The summed E-state index contributed by atoms with van der Waals surface area (Å²) in [6.45, 7) is 1.95. The van der Waals surface area contributed by atoms with E-state index < -0.39 is 5.97 Å². The molecule has 1 heterocycles. The maximum absolute atomic E-state index is 10.4. The summed E-state index contributed by atoms with van der Waals surface area (Å²) in [7, 11) is 0. The molecule has 0 amide bonds. The lowest BCUT2D eigenvalue weighted by molar-refractivity contribution is -0.137. The SMILES string of the molecule is Cc1ccc(-c2nnc(SCCCC(=O)O)o2)c(Cl)c1. The predicted octanol–water partition coefficient (Wildman–Crippen LogP) is 3.66. The molecule has 1 aromatic carbocycles. The molecule has 0 unspecified atom stereocenters. The van der Waals surface area contributed by atoms with Gasteiger partial charge in [-0.25, -0.2) is 0 Å². The van der Waals surface area contributed by atoms with Gasteiger partial charge in [0.2, 0.25) is 5.89 Å². The standard InChI is InChI=1S/C13H13ClN2O3S/c1-8-4-5-9(10(14)7-8)12-15-16-13(19-12)20-6-2-3-11(17)18/h4-5,7H,2-3,6H2,1H3,(H,17,18). The van der Waals surface area contributed by atoms with Crippen molar-refractivity contribution in [2.45, 2.75) is 25.0 Å². The molecule has 1 aromatic heterocycles. The Morgan fingerprint density at radius 2 is 2.25 bits per heavy atom. The summed E-state index contributed by atoms with van der Waals surface area (Å²) in [5, 5.41) is 17.4. The Hall–Kier alpha value is -1.53. The number of aliphatic carboxylic acids is 1. The van der Waals surface area contributed by atoms with Crippen LogP contribution in [0.25, 0.3) is 11.5 Å². The summed E-state index contributed by atoms with van der Waals surface area (Å²) in [6.07, 6.45) is 0.695. The number of thioether (sulfide) groups is 1. The van der Waals surface area contributed by atoms with Crippen LogP contribution in [0.3, 0.4) is 0 Å². The number of carboxylic acid groups (broad SMARTS) is 1. The third-order valence-corrected chi connectivity index (χ3v) is 3.74. The van der Waals surface area contributed by atoms with Crippen LogP contribution in [0.4, 0.5) is 0 Å². The van der Waals surface area contributed by atoms with Crippen LogP contribution in [0.1, 0.15) is 18.4 Å². The van der Waals surface area contributed by atoms with Crippen LogP contribution >= 0.6 is 23.4 Å². The number of halogens is 1. The number of carboxylic acids is 1. The molecule has 2 aromatic rings. The number of aryl methyl sites for hydroxylation is 1. The summed E-state index contributed by atoms with van der Waals surface area (Å²) in [5.74, 6) is 0.189. The van der Waals surface area contributed by atoms with E-state index >= 15 is 0 Å². The molecule has 20 heavy (non-hydrogen) atoms. The van der Waals surface area contributed by atoms with E-state index in [1.54, 1.807) is 0 Å². The predicted molar refractivity (Wildman–Crippen MR) is 77.1 cm³/mol. The topological polar surface area (TPSA) is 76.2 Å². The molecule has 7 heteroatoms. The van der Waals surface area contributed by atoms with E-state index in [4.69, 9.17) is 21.1 Å². The first-order valence-corrected chi connectivity index (χ1v) is 7.37. The van der Waals surface area contributed by atoms with Crippen molar-refractivity contribution in [3.63, 3.8) is 0 Å². The van der Waals surface area contributed by atoms with Gasteiger partial charge in [0, 0.05) is 12.2 Å². The minimum absolute atomic E-state index is 0.137. The third kappa shape index (κ3) is 3.98. The molecule has 0 saturated heterocycles. The molecule has 0 aliphatic heterocycles. The van der Waals surface area contributed by atoms with E-state index in [9.17, 15) is 4.79 Å². The molecule has 0 bridgehead atoms. The molecule has 0 aliphatic rings. The monoisotopic (exact) mass is 312 g/mol. The minimum Gasteiger partial charge on any atom is -0.481 e. The molecule has 0 saturated carbocycles. The van der Waals surface area contributed by atoms with Crippen LogP contribution in [0.15, 0.2) is 27.8 Å². The van der Waals surface area contributed by atoms with Gasteiger partial charge in [-0.2, -0.15) is 0 Å². The number of nitrogens with zero attached hydrogens (tertiary/aromatic N) is 2. The Kier molecular flexibility index (Phi) is 5.03. The van der Waals surface area contributed by atoms with E-state index in [-0.39, 0.29) is 6.42 Å². The van der Waals surface area contributed by atoms with E-state index in [1.807, 2.05) is 25.1 Å². The van der Waals surface area contributed by atoms with Crippen LogP contribution in [0, 0.1) is 6.92 Å². The number of benzene rings is 1. The van der Waals surface area contributed by atoms with Gasteiger partial charge in [-0.1, -0.05) is 29.4 Å². The van der Waals surface area contributed by atoms with Gasteiger partial charge in [-0.05, 0) is 31.0 Å². The van der Waals surface area contributed by atoms with Gasteiger partial charge in [0.15, 0.2) is 0 Å². The molecule has 0 atom stereocenters. The minimum atomic E-state index is -0.803. The van der Waals surface area contributed by atoms with E-state index in [1.165, 1.54) is 11.8 Å². The van der Waals surface area contributed by atoms with Crippen LogP contribution in [-0.2, 0) is 4.79 Å². The maximum atomic E-state index is 10.4. The van der Waals surface area contributed by atoms with Gasteiger partial charge in [0.1, 0.15) is 0 Å². The number of rotatable bonds is 6. The fourth-order valence-electron chi connectivity index (χ4n) is 1.55. The smallest absolute Gasteiger partial charge is 0.303 e. The van der Waals surface area contributed by atoms with Crippen LogP contribution in [-0.4, -0.2) is 27.0 Å². The molecule has 1 N–H and O–H groups in total. The van der Waals surface area contributed by atoms with Crippen molar-refractivity contribution in [3.05, 3.63) is 28.8 Å². The van der Waals surface area contributed by atoms with Gasteiger partial charge in [0.05, 0.1) is 10.6 Å². The van der Waals surface area contributed by atoms with Crippen molar-refractivity contribution in [2.75, 3.05) is 5.75 Å². The second-order valence-corrected chi connectivity index (χ2v) is 5.66. The molecule has 0 aliphatic carbocycles. The Morgan fingerprint density at radius 1 is 1.45 bits per heavy atom. The average molecular weight is 313 g/mol. The molecule has 0 spiro atoms. The Balaban J connectivity index is 1.99. The zero-order chi connectivity index (χ0) is 14.5. The Morgan fingerprint density at radius 3 is 2.95 bits per heavy atom. The van der Waals surface area contributed by atoms with E-state index in [0.717, 1.165) is 5.56 Å². The zero-order valence-corrected chi connectivity index (χ0v) is 12.4. The van der Waals surface area contributed by atoms with Gasteiger partial charge in [-0.3, -0.25) is 4.79 Å². The molecule has 5 nitrogen and oxygen atoms in total. The second kappa shape index (κ2) is 6.76. The maximum Gasteiger partial charge on any atom is 0.303 e. The fraction of sp³-hybridized carbons (Fsp3) is 0.308. The number of hydrogen-bond acceptors (Lipinski definition) is 5. The summed E-state index contributed by atoms with van der Waals surface area (Å²) < 4.78 is 5.51. The first-order chi connectivity index (χ1) is 9.56. The van der Waals surface area contributed by atoms with Crippen molar-refractivity contribution in [1.29, 1.82) is 0 Å². The van der Waals surface area contributed by atoms with Crippen molar-refractivity contribution in [2.24, 2.45) is 0 Å². The van der Waals surface area contributed by atoms with Crippen molar-refractivity contribution in [1.82, 2.24) is 10.2 Å². The van der Waals surface area contributed by atoms with Gasteiger partial charge >= 0.3 is 5.97 Å². The van der Waals surface area contributed by atoms with Crippen LogP contribution in [0.2, 0.25) is 5.02 Å². The molecule has 0 fully saturated rings. The summed E-state index contributed by atoms with van der Waals surface area (Å²) >= 11 is 7.48. The zero-order valence-electron chi connectivity index (χ0n) is 10.8. The number of carbonyl (C=O) groups is 1. The highest BCUT2D eigenvalue weighted by molar-refractivity contribution is 7.99. The molecular weight excluding hydrogens is 300 g/mol. The van der Waals surface area contributed by atoms with Gasteiger partial charge in [-0.15, -0.1) is 10.2 Å². The lowest BCUT2D eigenvalue weighted by Crippen LogP contribution is -1.94.